The molecule has 0 fully saturated rings. The predicted octanol–water partition coefficient (Wildman–Crippen LogP) is 3.20. The number of phenols is 1. The summed E-state index contributed by atoms with van der Waals surface area (Å²) in [7, 11) is 1.42. The van der Waals surface area contributed by atoms with E-state index < -0.39 is 5.91 Å². The molecule has 0 aromatic heterocycles. The van der Waals surface area contributed by atoms with Crippen molar-refractivity contribution in [1.29, 1.82) is 0 Å². The number of aryl methyl sites for hydroxylation is 2. The number of methoxy groups -OCH3 is 1. The maximum atomic E-state index is 11.8. The van der Waals surface area contributed by atoms with Gasteiger partial charge in [-0.2, -0.15) is 5.10 Å². The lowest BCUT2D eigenvalue weighted by molar-refractivity contribution is -0.123. The molecule has 0 aliphatic carbocycles. The van der Waals surface area contributed by atoms with Crippen molar-refractivity contribution in [3.8, 4) is 17.2 Å². The number of hydrogen-bond acceptors (Lipinski definition) is 5. The molecule has 0 saturated heterocycles. The number of benzene rings is 2. The number of ether oxygens (including phenoxy) is 2. The number of rotatable bonds is 6. The first-order chi connectivity index (χ1) is 11.9. The average Bonchev–Trinajstić information content (AvgIpc) is 2.56. The predicted molar refractivity (Wildman–Crippen MR) is 96.8 cm³/mol. The number of halogens is 1. The Bertz CT molecular complexity index is 806. The second-order valence-corrected chi connectivity index (χ2v) is 5.83. The quantitative estimate of drug-likeness (QED) is 0.611. The SMILES string of the molecule is COc1cc(Cl)cc(/C=N\NC(=O)COc2ccc(C)cc2C)c1O. The van der Waals surface area contributed by atoms with Gasteiger partial charge in [-0.05, 0) is 31.5 Å². The normalized spacial score (nSPS) is 10.7. The van der Waals surface area contributed by atoms with Crippen molar-refractivity contribution in [3.05, 3.63) is 52.0 Å². The number of nitrogens with one attached hydrogen (secondary N) is 1. The zero-order valence-electron chi connectivity index (χ0n) is 14.2. The van der Waals surface area contributed by atoms with E-state index in [1.165, 1.54) is 25.5 Å². The second-order valence-electron chi connectivity index (χ2n) is 5.40. The van der Waals surface area contributed by atoms with Crippen LogP contribution in [0.1, 0.15) is 16.7 Å². The molecule has 0 bridgehead atoms. The Labute approximate surface area is 151 Å². The summed E-state index contributed by atoms with van der Waals surface area (Å²) in [5.74, 6) is 0.321. The minimum Gasteiger partial charge on any atom is -0.504 e. The second kappa shape index (κ2) is 8.39. The van der Waals surface area contributed by atoms with E-state index in [1.54, 1.807) is 0 Å². The molecule has 0 atom stereocenters. The molecule has 25 heavy (non-hydrogen) atoms. The third-order valence-corrected chi connectivity index (χ3v) is 3.59. The van der Waals surface area contributed by atoms with Gasteiger partial charge in [-0.25, -0.2) is 5.43 Å². The third kappa shape index (κ3) is 5.12. The van der Waals surface area contributed by atoms with Crippen LogP contribution in [-0.2, 0) is 4.79 Å². The molecule has 0 unspecified atom stereocenters. The summed E-state index contributed by atoms with van der Waals surface area (Å²) in [6, 6.07) is 8.68. The number of carbonyl (C=O) groups is 1. The van der Waals surface area contributed by atoms with Gasteiger partial charge >= 0.3 is 0 Å². The molecular formula is C18H19ClN2O4. The van der Waals surface area contributed by atoms with Crippen molar-refractivity contribution in [2.24, 2.45) is 5.10 Å². The summed E-state index contributed by atoms with van der Waals surface area (Å²) < 4.78 is 10.5. The van der Waals surface area contributed by atoms with Crippen molar-refractivity contribution in [2.75, 3.05) is 13.7 Å². The lowest BCUT2D eigenvalue weighted by atomic mass is 10.1. The van der Waals surface area contributed by atoms with Crippen molar-refractivity contribution in [2.45, 2.75) is 13.8 Å². The largest absolute Gasteiger partial charge is 0.504 e. The number of hydrogen-bond donors (Lipinski definition) is 2. The summed E-state index contributed by atoms with van der Waals surface area (Å²) in [6.07, 6.45) is 1.28. The van der Waals surface area contributed by atoms with Crippen LogP contribution in [0.3, 0.4) is 0 Å². The molecule has 2 rings (SSSR count). The fourth-order valence-electron chi connectivity index (χ4n) is 2.16. The Morgan fingerprint density at radius 1 is 1.28 bits per heavy atom. The minimum absolute atomic E-state index is 0.114. The highest BCUT2D eigenvalue weighted by molar-refractivity contribution is 6.31. The van der Waals surface area contributed by atoms with Crippen LogP contribution in [-0.4, -0.2) is 30.9 Å². The van der Waals surface area contributed by atoms with Gasteiger partial charge < -0.3 is 14.6 Å². The average molecular weight is 363 g/mol. The first-order valence-electron chi connectivity index (χ1n) is 7.49. The van der Waals surface area contributed by atoms with Crippen LogP contribution in [0, 0.1) is 13.8 Å². The van der Waals surface area contributed by atoms with Crippen LogP contribution < -0.4 is 14.9 Å². The van der Waals surface area contributed by atoms with Crippen LogP contribution in [0.4, 0.5) is 0 Å². The van der Waals surface area contributed by atoms with E-state index in [0.717, 1.165) is 11.1 Å². The number of hydrazone groups is 1. The van der Waals surface area contributed by atoms with Gasteiger partial charge in [-0.15, -0.1) is 0 Å². The van der Waals surface area contributed by atoms with Crippen LogP contribution in [0.2, 0.25) is 5.02 Å². The van der Waals surface area contributed by atoms with Crippen LogP contribution in [0.25, 0.3) is 0 Å². The lowest BCUT2D eigenvalue weighted by Crippen LogP contribution is -2.24. The van der Waals surface area contributed by atoms with Crippen molar-refractivity contribution < 1.29 is 19.4 Å². The Balaban J connectivity index is 1.93. The van der Waals surface area contributed by atoms with Crippen molar-refractivity contribution in [1.82, 2.24) is 5.43 Å². The fraction of sp³-hybridized carbons (Fsp3) is 0.222. The van der Waals surface area contributed by atoms with Gasteiger partial charge in [0.15, 0.2) is 18.1 Å². The smallest absolute Gasteiger partial charge is 0.277 e. The molecule has 0 aliphatic rings. The van der Waals surface area contributed by atoms with Crippen molar-refractivity contribution >= 4 is 23.7 Å². The van der Waals surface area contributed by atoms with Gasteiger partial charge in [-0.3, -0.25) is 4.79 Å². The number of amides is 1. The number of nitrogens with zero attached hydrogens (tertiary/aromatic N) is 1. The topological polar surface area (TPSA) is 80.2 Å². The maximum absolute atomic E-state index is 11.8. The van der Waals surface area contributed by atoms with Crippen LogP contribution in [0.15, 0.2) is 35.4 Å². The van der Waals surface area contributed by atoms with Gasteiger partial charge in [0, 0.05) is 16.7 Å². The summed E-state index contributed by atoms with van der Waals surface area (Å²) >= 11 is 5.93. The van der Waals surface area contributed by atoms with Gasteiger partial charge in [0.25, 0.3) is 5.91 Å². The van der Waals surface area contributed by atoms with Crippen molar-refractivity contribution in [3.63, 3.8) is 0 Å². The van der Waals surface area contributed by atoms with Gasteiger partial charge in [0.05, 0.1) is 13.3 Å². The van der Waals surface area contributed by atoms with E-state index in [4.69, 9.17) is 21.1 Å². The van der Waals surface area contributed by atoms with Crippen LogP contribution in [0.5, 0.6) is 17.2 Å². The Morgan fingerprint density at radius 2 is 2.04 bits per heavy atom. The van der Waals surface area contributed by atoms with E-state index in [2.05, 4.69) is 10.5 Å². The number of phenolic OH excluding ortho intramolecular Hbond substituents is 1. The Morgan fingerprint density at radius 3 is 2.72 bits per heavy atom. The summed E-state index contributed by atoms with van der Waals surface area (Å²) in [6.45, 7) is 3.72. The van der Waals surface area contributed by atoms with E-state index in [9.17, 15) is 9.90 Å². The molecule has 0 radical (unpaired) electrons. The first-order valence-corrected chi connectivity index (χ1v) is 7.87. The molecule has 2 aromatic rings. The fourth-order valence-corrected chi connectivity index (χ4v) is 2.38. The summed E-state index contributed by atoms with van der Waals surface area (Å²) in [5, 5.41) is 14.1. The maximum Gasteiger partial charge on any atom is 0.277 e. The molecule has 1 amide bonds. The summed E-state index contributed by atoms with van der Waals surface area (Å²) in [4.78, 5) is 11.8. The van der Waals surface area contributed by atoms with E-state index >= 15 is 0 Å². The highest BCUT2D eigenvalue weighted by Crippen LogP contribution is 2.32. The molecule has 132 valence electrons. The molecule has 2 aromatic carbocycles. The molecule has 0 heterocycles. The van der Waals surface area contributed by atoms with Gasteiger partial charge in [-0.1, -0.05) is 29.3 Å². The third-order valence-electron chi connectivity index (χ3n) is 3.37. The van der Waals surface area contributed by atoms with E-state index in [1.807, 2.05) is 32.0 Å². The monoisotopic (exact) mass is 362 g/mol. The highest BCUT2D eigenvalue weighted by atomic mass is 35.5. The Hall–Kier alpha value is -2.73. The van der Waals surface area contributed by atoms with Gasteiger partial charge in [0.2, 0.25) is 0 Å². The summed E-state index contributed by atoms with van der Waals surface area (Å²) in [5.41, 5.74) is 4.72. The molecule has 6 nitrogen and oxygen atoms in total. The lowest BCUT2D eigenvalue weighted by Gasteiger charge is -2.09. The number of aromatic hydroxyl groups is 1. The molecule has 0 spiro atoms. The standard InChI is InChI=1S/C18H19ClN2O4/c1-11-4-5-15(12(2)6-11)25-10-17(22)21-20-9-13-7-14(19)8-16(24-3)18(13)23/h4-9,23H,10H2,1-3H3,(H,21,22)/b20-9-. The minimum atomic E-state index is -0.426. The molecule has 0 aliphatic heterocycles. The zero-order chi connectivity index (χ0) is 18.4. The van der Waals surface area contributed by atoms with Crippen LogP contribution >= 0.6 is 11.6 Å². The molecule has 2 N–H and O–H groups in total. The molecular weight excluding hydrogens is 344 g/mol. The van der Waals surface area contributed by atoms with Gasteiger partial charge in [0.1, 0.15) is 5.75 Å². The molecule has 0 saturated carbocycles. The highest BCUT2D eigenvalue weighted by Gasteiger charge is 2.09. The van der Waals surface area contributed by atoms with E-state index in [0.29, 0.717) is 16.3 Å². The first kappa shape index (κ1) is 18.6. The Kier molecular flexibility index (Phi) is 6.25. The zero-order valence-corrected chi connectivity index (χ0v) is 14.9. The molecule has 7 heteroatoms. The van der Waals surface area contributed by atoms with E-state index in [-0.39, 0.29) is 18.1 Å². The number of carbonyl (C=O) groups excluding carboxylic acids is 1.